The molecule has 1 amide bonds. The molecule has 0 N–H and O–H groups in total. The van der Waals surface area contributed by atoms with Gasteiger partial charge in [0.05, 0.1) is 23.5 Å². The monoisotopic (exact) mass is 271 g/mol. The molecule has 0 atom stereocenters. The summed E-state index contributed by atoms with van der Waals surface area (Å²) in [6.07, 6.45) is 1.79. The van der Waals surface area contributed by atoms with E-state index in [1.807, 2.05) is 26.0 Å². The number of aryl methyl sites for hydroxylation is 3. The first-order valence-corrected chi connectivity index (χ1v) is 6.54. The van der Waals surface area contributed by atoms with Gasteiger partial charge in [0.15, 0.2) is 0 Å². The third kappa shape index (κ3) is 1.62. The lowest BCUT2D eigenvalue weighted by atomic mass is 10.0. The van der Waals surface area contributed by atoms with Crippen LogP contribution in [0.25, 0.3) is 5.69 Å². The first kappa shape index (κ1) is 12.7. The maximum absolute atomic E-state index is 12.5. The van der Waals surface area contributed by atoms with Gasteiger partial charge in [-0.25, -0.2) is 4.79 Å². The molecule has 0 saturated heterocycles. The molecule has 0 saturated carbocycles. The molecular weight excluding hydrogens is 254 g/mol. The van der Waals surface area contributed by atoms with Crippen molar-refractivity contribution in [3.8, 4) is 5.69 Å². The lowest BCUT2D eigenvalue weighted by Gasteiger charge is -2.14. The van der Waals surface area contributed by atoms with Crippen LogP contribution in [0.4, 0.5) is 0 Å². The van der Waals surface area contributed by atoms with Crippen LogP contribution in [0.3, 0.4) is 0 Å². The van der Waals surface area contributed by atoms with E-state index >= 15 is 0 Å². The molecule has 0 bridgehead atoms. The zero-order valence-corrected chi connectivity index (χ0v) is 12.1. The summed E-state index contributed by atoms with van der Waals surface area (Å²) in [6, 6.07) is 3.80. The van der Waals surface area contributed by atoms with Crippen LogP contribution >= 0.6 is 0 Å². The highest BCUT2D eigenvalue weighted by Crippen LogP contribution is 2.25. The Hall–Kier alpha value is -2.30. The number of amides is 1. The van der Waals surface area contributed by atoms with E-state index in [1.54, 1.807) is 34.3 Å². The summed E-state index contributed by atoms with van der Waals surface area (Å²) in [7, 11) is 3.49. The molecule has 2 heterocycles. The molecule has 20 heavy (non-hydrogen) atoms. The second kappa shape index (κ2) is 4.10. The number of hydrogen-bond donors (Lipinski definition) is 0. The molecule has 0 aliphatic carbocycles. The Labute approximate surface area is 117 Å². The quantitative estimate of drug-likeness (QED) is 0.726. The van der Waals surface area contributed by atoms with Gasteiger partial charge < -0.3 is 9.47 Å². The van der Waals surface area contributed by atoms with Crippen LogP contribution < -0.4 is 5.69 Å². The number of fused-ring (bicyclic) bond motifs is 3. The van der Waals surface area contributed by atoms with Gasteiger partial charge in [0.1, 0.15) is 0 Å². The predicted molar refractivity (Wildman–Crippen MR) is 76.3 cm³/mol. The van der Waals surface area contributed by atoms with Gasteiger partial charge in [0.2, 0.25) is 0 Å². The largest absolute Gasteiger partial charge is 0.336 e. The number of aromatic nitrogens is 2. The fourth-order valence-corrected chi connectivity index (χ4v) is 2.66. The van der Waals surface area contributed by atoms with Crippen molar-refractivity contribution in [3.05, 3.63) is 51.2 Å². The molecule has 5 heteroatoms. The Balaban J connectivity index is 2.43. The summed E-state index contributed by atoms with van der Waals surface area (Å²) in [5.74, 6) is -0.0474. The minimum atomic E-state index is -0.118. The molecule has 1 aliphatic heterocycles. The van der Waals surface area contributed by atoms with E-state index in [-0.39, 0.29) is 11.6 Å². The summed E-state index contributed by atoms with van der Waals surface area (Å²) in [5, 5.41) is 0. The number of benzene rings is 1. The van der Waals surface area contributed by atoms with Crippen molar-refractivity contribution in [2.24, 2.45) is 7.05 Å². The second-order valence-corrected chi connectivity index (χ2v) is 5.46. The molecule has 2 aromatic rings. The molecule has 0 spiro atoms. The summed E-state index contributed by atoms with van der Waals surface area (Å²) >= 11 is 0. The standard InChI is InChI=1S/C15H17N3O2/c1-9-5-12-13(6-10(9)2)18-11(7-16(3)14(12)19)8-17(4)15(18)20/h5-6,8H,7H2,1-4H3. The SMILES string of the molecule is Cc1cc2c(cc1C)-n1c(cn(C)c1=O)CN(C)C2=O. The average molecular weight is 271 g/mol. The molecule has 104 valence electrons. The summed E-state index contributed by atoms with van der Waals surface area (Å²) in [6.45, 7) is 4.40. The molecule has 5 nitrogen and oxygen atoms in total. The third-order valence-corrected chi connectivity index (χ3v) is 3.95. The van der Waals surface area contributed by atoms with Crippen LogP contribution in [0, 0.1) is 13.8 Å². The zero-order valence-electron chi connectivity index (χ0n) is 12.1. The maximum Gasteiger partial charge on any atom is 0.332 e. The van der Waals surface area contributed by atoms with E-state index in [4.69, 9.17) is 0 Å². The van der Waals surface area contributed by atoms with Gasteiger partial charge >= 0.3 is 5.69 Å². The minimum absolute atomic E-state index is 0.0474. The van der Waals surface area contributed by atoms with Gasteiger partial charge in [-0.15, -0.1) is 0 Å². The highest BCUT2D eigenvalue weighted by molar-refractivity contribution is 5.98. The lowest BCUT2D eigenvalue weighted by molar-refractivity contribution is 0.0788. The fourth-order valence-electron chi connectivity index (χ4n) is 2.66. The molecule has 0 fully saturated rings. The van der Waals surface area contributed by atoms with Crippen molar-refractivity contribution in [1.82, 2.24) is 14.0 Å². The van der Waals surface area contributed by atoms with Gasteiger partial charge in [-0.3, -0.25) is 9.36 Å². The highest BCUT2D eigenvalue weighted by atomic mass is 16.2. The van der Waals surface area contributed by atoms with Crippen LogP contribution in [-0.2, 0) is 13.6 Å². The third-order valence-electron chi connectivity index (χ3n) is 3.95. The summed E-state index contributed by atoms with van der Waals surface area (Å²) in [4.78, 5) is 26.4. The normalized spacial score (nSPS) is 14.0. The molecule has 0 radical (unpaired) electrons. The Morgan fingerprint density at radius 2 is 1.70 bits per heavy atom. The van der Waals surface area contributed by atoms with Crippen LogP contribution in [0.5, 0.6) is 0 Å². The van der Waals surface area contributed by atoms with Crippen LogP contribution in [0.2, 0.25) is 0 Å². The molecular formula is C15H17N3O2. The van der Waals surface area contributed by atoms with E-state index < -0.39 is 0 Å². The second-order valence-electron chi connectivity index (χ2n) is 5.46. The van der Waals surface area contributed by atoms with Gasteiger partial charge in [-0.2, -0.15) is 0 Å². The Kier molecular flexibility index (Phi) is 2.61. The number of carbonyl (C=O) groups excluding carboxylic acids is 1. The van der Waals surface area contributed by atoms with Gasteiger partial charge in [0.25, 0.3) is 5.91 Å². The average Bonchev–Trinajstić information content (AvgIpc) is 2.61. The maximum atomic E-state index is 12.5. The first-order chi connectivity index (χ1) is 9.40. The van der Waals surface area contributed by atoms with Crippen LogP contribution in [0.15, 0.2) is 23.1 Å². The fraction of sp³-hybridized carbons (Fsp3) is 0.333. The Bertz CT molecular complexity index is 783. The molecule has 0 unspecified atom stereocenters. The Morgan fingerprint density at radius 1 is 1.05 bits per heavy atom. The van der Waals surface area contributed by atoms with Crippen molar-refractivity contribution < 1.29 is 4.79 Å². The van der Waals surface area contributed by atoms with Gasteiger partial charge in [-0.05, 0) is 37.1 Å². The number of nitrogens with zero attached hydrogens (tertiary/aromatic N) is 3. The van der Waals surface area contributed by atoms with Crippen molar-refractivity contribution in [3.63, 3.8) is 0 Å². The van der Waals surface area contributed by atoms with Crippen LogP contribution in [0.1, 0.15) is 27.2 Å². The van der Waals surface area contributed by atoms with Gasteiger partial charge in [0, 0.05) is 20.3 Å². The minimum Gasteiger partial charge on any atom is -0.336 e. The lowest BCUT2D eigenvalue weighted by Crippen LogP contribution is -2.25. The molecule has 1 aromatic heterocycles. The van der Waals surface area contributed by atoms with Crippen LogP contribution in [-0.4, -0.2) is 27.0 Å². The van der Waals surface area contributed by atoms with E-state index in [1.165, 1.54) is 0 Å². The van der Waals surface area contributed by atoms with E-state index in [9.17, 15) is 9.59 Å². The Morgan fingerprint density at radius 3 is 2.40 bits per heavy atom. The van der Waals surface area contributed by atoms with Crippen molar-refractivity contribution in [2.75, 3.05) is 7.05 Å². The summed E-state index contributed by atoms with van der Waals surface area (Å²) in [5.41, 5.74) is 4.11. The number of imidazole rings is 1. The molecule has 3 rings (SSSR count). The summed E-state index contributed by atoms with van der Waals surface area (Å²) < 4.78 is 3.20. The van der Waals surface area contributed by atoms with E-state index in [0.29, 0.717) is 17.8 Å². The number of carbonyl (C=O) groups is 1. The van der Waals surface area contributed by atoms with E-state index in [0.717, 1.165) is 16.8 Å². The van der Waals surface area contributed by atoms with Gasteiger partial charge in [-0.1, -0.05) is 0 Å². The van der Waals surface area contributed by atoms with Crippen molar-refractivity contribution in [1.29, 1.82) is 0 Å². The first-order valence-electron chi connectivity index (χ1n) is 6.54. The predicted octanol–water partition coefficient (Wildman–Crippen LogP) is 1.38. The molecule has 1 aromatic carbocycles. The van der Waals surface area contributed by atoms with Crippen molar-refractivity contribution in [2.45, 2.75) is 20.4 Å². The topological polar surface area (TPSA) is 47.2 Å². The van der Waals surface area contributed by atoms with E-state index in [2.05, 4.69) is 0 Å². The smallest absolute Gasteiger partial charge is 0.332 e. The highest BCUT2D eigenvalue weighted by Gasteiger charge is 2.26. The number of hydrogen-bond acceptors (Lipinski definition) is 2. The molecule has 1 aliphatic rings. The number of rotatable bonds is 0. The zero-order chi connectivity index (χ0) is 14.6. The van der Waals surface area contributed by atoms with Crippen molar-refractivity contribution >= 4 is 5.91 Å².